The average molecular weight is 353 g/mol. The molecule has 1 N–H and O–H groups in total. The Labute approximate surface area is 151 Å². The van der Waals surface area contributed by atoms with Crippen molar-refractivity contribution in [2.24, 2.45) is 11.8 Å². The lowest BCUT2D eigenvalue weighted by Crippen LogP contribution is -2.52. The van der Waals surface area contributed by atoms with Crippen LogP contribution in [0.15, 0.2) is 30.3 Å². The summed E-state index contributed by atoms with van der Waals surface area (Å²) in [6, 6.07) is 10.5. The third-order valence-electron chi connectivity index (χ3n) is 5.25. The SMILES string of the molecule is CC(C(=O)N1CCC(OCCc2ccccc2)CC1)C1CNC1.Cl. The summed E-state index contributed by atoms with van der Waals surface area (Å²) in [4.78, 5) is 14.5. The van der Waals surface area contributed by atoms with Gasteiger partial charge in [-0.25, -0.2) is 0 Å². The van der Waals surface area contributed by atoms with Gasteiger partial charge in [0, 0.05) is 19.0 Å². The first-order valence-corrected chi connectivity index (χ1v) is 8.89. The molecular weight excluding hydrogens is 324 g/mol. The van der Waals surface area contributed by atoms with Gasteiger partial charge in [-0.3, -0.25) is 4.79 Å². The van der Waals surface area contributed by atoms with Crippen molar-refractivity contribution in [1.82, 2.24) is 10.2 Å². The number of hydrogen-bond acceptors (Lipinski definition) is 3. The van der Waals surface area contributed by atoms with Crippen LogP contribution in [-0.2, 0) is 16.0 Å². The first-order chi connectivity index (χ1) is 11.2. The highest BCUT2D eigenvalue weighted by Crippen LogP contribution is 2.22. The molecule has 0 saturated carbocycles. The van der Waals surface area contributed by atoms with Crippen molar-refractivity contribution in [3.63, 3.8) is 0 Å². The Bertz CT molecular complexity index is 499. The van der Waals surface area contributed by atoms with E-state index in [2.05, 4.69) is 36.5 Å². The molecule has 0 radical (unpaired) electrons. The smallest absolute Gasteiger partial charge is 0.225 e. The van der Waals surface area contributed by atoms with Crippen molar-refractivity contribution >= 4 is 18.3 Å². The molecule has 1 unspecified atom stereocenters. The van der Waals surface area contributed by atoms with Crippen LogP contribution in [0.2, 0.25) is 0 Å². The van der Waals surface area contributed by atoms with Crippen LogP contribution in [0.25, 0.3) is 0 Å². The van der Waals surface area contributed by atoms with Crippen molar-refractivity contribution in [3.8, 4) is 0 Å². The molecule has 134 valence electrons. The number of hydrogen-bond donors (Lipinski definition) is 1. The fraction of sp³-hybridized carbons (Fsp3) is 0.632. The summed E-state index contributed by atoms with van der Waals surface area (Å²) in [7, 11) is 0. The molecule has 0 aliphatic carbocycles. The van der Waals surface area contributed by atoms with Crippen LogP contribution in [0.3, 0.4) is 0 Å². The Hall–Kier alpha value is -1.10. The number of nitrogens with zero attached hydrogens (tertiary/aromatic N) is 1. The van der Waals surface area contributed by atoms with Crippen LogP contribution in [-0.4, -0.2) is 49.7 Å². The minimum absolute atomic E-state index is 0. The van der Waals surface area contributed by atoms with Crippen LogP contribution < -0.4 is 5.32 Å². The fourth-order valence-electron chi connectivity index (χ4n) is 3.39. The predicted molar refractivity (Wildman–Crippen MR) is 98.5 cm³/mol. The lowest BCUT2D eigenvalue weighted by Gasteiger charge is -2.38. The minimum atomic E-state index is 0. The molecule has 1 aromatic rings. The molecule has 0 spiro atoms. The Kier molecular flexibility index (Phi) is 7.53. The number of nitrogens with one attached hydrogen (secondary N) is 1. The fourth-order valence-corrected chi connectivity index (χ4v) is 3.39. The molecule has 5 heteroatoms. The number of rotatable bonds is 6. The third kappa shape index (κ3) is 4.95. The summed E-state index contributed by atoms with van der Waals surface area (Å²) in [6.45, 7) is 6.53. The highest BCUT2D eigenvalue weighted by atomic mass is 35.5. The van der Waals surface area contributed by atoms with E-state index in [1.54, 1.807) is 0 Å². The third-order valence-corrected chi connectivity index (χ3v) is 5.25. The van der Waals surface area contributed by atoms with Crippen LogP contribution in [0.1, 0.15) is 25.3 Å². The van der Waals surface area contributed by atoms with E-state index in [1.807, 2.05) is 11.0 Å². The Morgan fingerprint density at radius 1 is 1.25 bits per heavy atom. The van der Waals surface area contributed by atoms with Gasteiger partial charge in [0.2, 0.25) is 5.91 Å². The lowest BCUT2D eigenvalue weighted by atomic mass is 9.87. The largest absolute Gasteiger partial charge is 0.378 e. The van der Waals surface area contributed by atoms with Crippen LogP contribution in [0.5, 0.6) is 0 Å². The summed E-state index contributed by atoms with van der Waals surface area (Å²) in [6.07, 6.45) is 3.21. The number of carbonyl (C=O) groups excluding carboxylic acids is 1. The Balaban J connectivity index is 0.00000208. The van der Waals surface area contributed by atoms with E-state index in [9.17, 15) is 4.79 Å². The zero-order valence-corrected chi connectivity index (χ0v) is 15.3. The summed E-state index contributed by atoms with van der Waals surface area (Å²) >= 11 is 0. The molecule has 2 heterocycles. The number of carbonyl (C=O) groups is 1. The normalized spacial score (nSPS) is 20.1. The molecule has 2 fully saturated rings. The molecule has 24 heavy (non-hydrogen) atoms. The first-order valence-electron chi connectivity index (χ1n) is 8.89. The van der Waals surface area contributed by atoms with Crippen LogP contribution in [0, 0.1) is 11.8 Å². The summed E-state index contributed by atoms with van der Waals surface area (Å²) in [5.41, 5.74) is 1.32. The second-order valence-electron chi connectivity index (χ2n) is 6.84. The molecular formula is C19H29ClN2O2. The van der Waals surface area contributed by atoms with Gasteiger partial charge in [0.15, 0.2) is 0 Å². The van der Waals surface area contributed by atoms with Gasteiger partial charge in [0.1, 0.15) is 0 Å². The van der Waals surface area contributed by atoms with E-state index in [0.29, 0.717) is 17.9 Å². The average Bonchev–Trinajstić information content (AvgIpc) is 2.54. The van der Waals surface area contributed by atoms with Crippen molar-refractivity contribution in [3.05, 3.63) is 35.9 Å². The molecule has 2 saturated heterocycles. The van der Waals surface area contributed by atoms with E-state index >= 15 is 0 Å². The molecule has 1 atom stereocenters. The van der Waals surface area contributed by atoms with Gasteiger partial charge in [-0.15, -0.1) is 12.4 Å². The number of ether oxygens (including phenoxy) is 1. The summed E-state index contributed by atoms with van der Waals surface area (Å²) in [5, 5.41) is 3.25. The van der Waals surface area contributed by atoms with Crippen LogP contribution in [0.4, 0.5) is 0 Å². The van der Waals surface area contributed by atoms with E-state index in [0.717, 1.165) is 52.0 Å². The second kappa shape index (κ2) is 9.40. The van der Waals surface area contributed by atoms with Crippen molar-refractivity contribution in [2.45, 2.75) is 32.3 Å². The lowest BCUT2D eigenvalue weighted by molar-refractivity contribution is -0.140. The van der Waals surface area contributed by atoms with Gasteiger partial charge < -0.3 is 15.0 Å². The van der Waals surface area contributed by atoms with Gasteiger partial charge in [-0.1, -0.05) is 37.3 Å². The second-order valence-corrected chi connectivity index (χ2v) is 6.84. The van der Waals surface area contributed by atoms with Gasteiger partial charge in [-0.05, 0) is 43.8 Å². The van der Waals surface area contributed by atoms with Crippen molar-refractivity contribution < 1.29 is 9.53 Å². The van der Waals surface area contributed by atoms with Gasteiger partial charge in [-0.2, -0.15) is 0 Å². The molecule has 0 aromatic heterocycles. The Morgan fingerprint density at radius 3 is 2.50 bits per heavy atom. The standard InChI is InChI=1S/C19H28N2O2.ClH/c1-15(17-13-20-14-17)19(22)21-10-7-18(8-11-21)23-12-9-16-5-3-2-4-6-16;/h2-6,15,17-18,20H,7-14H2,1H3;1H. The van der Waals surface area contributed by atoms with E-state index < -0.39 is 0 Å². The highest BCUT2D eigenvalue weighted by molar-refractivity contribution is 5.85. The minimum Gasteiger partial charge on any atom is -0.378 e. The summed E-state index contributed by atoms with van der Waals surface area (Å²) < 4.78 is 6.01. The van der Waals surface area contributed by atoms with Crippen molar-refractivity contribution in [2.75, 3.05) is 32.8 Å². The van der Waals surface area contributed by atoms with E-state index in [4.69, 9.17) is 4.74 Å². The van der Waals surface area contributed by atoms with Crippen molar-refractivity contribution in [1.29, 1.82) is 0 Å². The number of piperidine rings is 1. The Morgan fingerprint density at radius 2 is 1.92 bits per heavy atom. The zero-order chi connectivity index (χ0) is 16.1. The maximum Gasteiger partial charge on any atom is 0.225 e. The molecule has 4 nitrogen and oxygen atoms in total. The molecule has 2 aliphatic rings. The van der Waals surface area contributed by atoms with E-state index in [-0.39, 0.29) is 18.3 Å². The number of halogens is 1. The van der Waals surface area contributed by atoms with Crippen LogP contribution >= 0.6 is 12.4 Å². The molecule has 2 aliphatic heterocycles. The molecule has 0 bridgehead atoms. The van der Waals surface area contributed by atoms with Gasteiger partial charge in [0.05, 0.1) is 12.7 Å². The molecule has 1 aromatic carbocycles. The molecule has 1 amide bonds. The predicted octanol–water partition coefficient (Wildman–Crippen LogP) is 2.51. The van der Waals surface area contributed by atoms with Gasteiger partial charge >= 0.3 is 0 Å². The monoisotopic (exact) mass is 352 g/mol. The zero-order valence-electron chi connectivity index (χ0n) is 14.4. The highest BCUT2D eigenvalue weighted by Gasteiger charge is 2.33. The topological polar surface area (TPSA) is 41.6 Å². The number of benzene rings is 1. The summed E-state index contributed by atoms with van der Waals surface area (Å²) in [5.74, 6) is 1.02. The number of amides is 1. The number of likely N-dealkylation sites (tertiary alicyclic amines) is 1. The van der Waals surface area contributed by atoms with E-state index in [1.165, 1.54) is 5.56 Å². The van der Waals surface area contributed by atoms with Gasteiger partial charge in [0.25, 0.3) is 0 Å². The maximum absolute atomic E-state index is 12.5. The maximum atomic E-state index is 12.5. The quantitative estimate of drug-likeness (QED) is 0.855. The first kappa shape index (κ1) is 19.2. The molecule has 3 rings (SSSR count).